The summed E-state index contributed by atoms with van der Waals surface area (Å²) in [6.45, 7) is 2.47. The van der Waals surface area contributed by atoms with Gasteiger partial charge in [0.25, 0.3) is 0 Å². The maximum absolute atomic E-state index is 13.8. The molecule has 154 valence electrons. The second kappa shape index (κ2) is 10.1. The van der Waals surface area contributed by atoms with Crippen molar-refractivity contribution >= 4 is 17.9 Å². The lowest BCUT2D eigenvalue weighted by Crippen LogP contribution is -2.43. The molecular weight excluding hydrogens is 378 g/mol. The molecule has 1 fully saturated rings. The minimum Gasteiger partial charge on any atom is -0.466 e. The Hall–Kier alpha value is -2.87. The lowest BCUT2D eigenvalue weighted by atomic mass is 10.0. The maximum atomic E-state index is 13.8. The molecule has 0 aliphatic carbocycles. The largest absolute Gasteiger partial charge is 0.466 e. The monoisotopic (exact) mass is 402 g/mol. The lowest BCUT2D eigenvalue weighted by molar-refractivity contribution is -0.134. The molecule has 0 spiro atoms. The van der Waals surface area contributed by atoms with Gasteiger partial charge in [-0.15, -0.1) is 0 Å². The lowest BCUT2D eigenvalue weighted by Gasteiger charge is -2.33. The van der Waals surface area contributed by atoms with Crippen LogP contribution in [0.3, 0.4) is 0 Å². The quantitative estimate of drug-likeness (QED) is 0.567. The van der Waals surface area contributed by atoms with Crippen LogP contribution in [-0.4, -0.2) is 53.6 Å². The van der Waals surface area contributed by atoms with Crippen LogP contribution in [0.25, 0.3) is 6.08 Å². The summed E-state index contributed by atoms with van der Waals surface area (Å²) >= 11 is 0. The predicted molar refractivity (Wildman–Crippen MR) is 106 cm³/mol. The number of ether oxygens (including phenoxy) is 1. The first-order valence-corrected chi connectivity index (χ1v) is 9.54. The maximum Gasteiger partial charge on any atom is 0.330 e. The van der Waals surface area contributed by atoms with Gasteiger partial charge in [-0.25, -0.2) is 18.6 Å². The third-order valence-corrected chi connectivity index (χ3v) is 4.83. The number of methoxy groups -OCH3 is 1. The molecule has 2 heterocycles. The average molecular weight is 402 g/mol. The summed E-state index contributed by atoms with van der Waals surface area (Å²) < 4.78 is 31.4. The van der Waals surface area contributed by atoms with Gasteiger partial charge in [0.05, 0.1) is 25.2 Å². The molecule has 0 unspecified atom stereocenters. The van der Waals surface area contributed by atoms with E-state index in [4.69, 9.17) is 0 Å². The number of anilines is 1. The molecule has 8 heteroatoms. The molecule has 1 aromatic carbocycles. The molecule has 1 N–H and O–H groups in total. The molecule has 6 nitrogen and oxygen atoms in total. The van der Waals surface area contributed by atoms with Gasteiger partial charge in [-0.1, -0.05) is 6.07 Å². The highest BCUT2D eigenvalue weighted by Gasteiger charge is 2.20. The van der Waals surface area contributed by atoms with Crippen molar-refractivity contribution in [3.8, 4) is 0 Å². The van der Waals surface area contributed by atoms with Crippen molar-refractivity contribution < 1.29 is 18.3 Å². The number of aromatic nitrogens is 2. The van der Waals surface area contributed by atoms with Crippen molar-refractivity contribution in [3.05, 3.63) is 59.6 Å². The van der Waals surface area contributed by atoms with Crippen LogP contribution in [0.4, 0.5) is 14.6 Å². The molecule has 3 rings (SSSR count). The summed E-state index contributed by atoms with van der Waals surface area (Å²) in [5.74, 6) is -0.830. The van der Waals surface area contributed by atoms with Gasteiger partial charge in [0.2, 0.25) is 0 Å². The topological polar surface area (TPSA) is 67.3 Å². The molecule has 0 bridgehead atoms. The first-order chi connectivity index (χ1) is 14.0. The van der Waals surface area contributed by atoms with Gasteiger partial charge in [0, 0.05) is 31.3 Å². The number of esters is 1. The Morgan fingerprint density at radius 3 is 2.93 bits per heavy atom. The molecule has 0 amide bonds. The van der Waals surface area contributed by atoms with E-state index in [0.717, 1.165) is 32.0 Å². The zero-order valence-electron chi connectivity index (χ0n) is 16.3. The number of halogens is 2. The van der Waals surface area contributed by atoms with Crippen LogP contribution in [-0.2, 0) is 16.0 Å². The van der Waals surface area contributed by atoms with Crippen molar-refractivity contribution in [3.63, 3.8) is 0 Å². The molecule has 2 aromatic rings. The number of likely N-dealkylation sites (tertiary alicyclic amines) is 1. The SMILES string of the molecule is COC(=O)/C=C/c1cnc(N[C@@H]2CCCN(CCc3ccc(F)cc3F)C2)cn1. The Morgan fingerprint density at radius 1 is 1.34 bits per heavy atom. The van der Waals surface area contributed by atoms with E-state index in [2.05, 4.69) is 24.9 Å². The Bertz CT molecular complexity index is 858. The van der Waals surface area contributed by atoms with Gasteiger partial charge in [0.1, 0.15) is 17.5 Å². The van der Waals surface area contributed by atoms with Crippen LogP contribution in [0.5, 0.6) is 0 Å². The van der Waals surface area contributed by atoms with E-state index in [1.165, 1.54) is 25.3 Å². The van der Waals surface area contributed by atoms with Crippen molar-refractivity contribution in [2.45, 2.75) is 25.3 Å². The van der Waals surface area contributed by atoms with Crippen LogP contribution in [0.2, 0.25) is 0 Å². The average Bonchev–Trinajstić information content (AvgIpc) is 2.72. The zero-order chi connectivity index (χ0) is 20.6. The zero-order valence-corrected chi connectivity index (χ0v) is 16.3. The van der Waals surface area contributed by atoms with Crippen molar-refractivity contribution in [2.75, 3.05) is 32.1 Å². The summed E-state index contributed by atoms with van der Waals surface area (Å²) in [6.07, 6.45) is 8.62. The van der Waals surface area contributed by atoms with Gasteiger partial charge in [-0.05, 0) is 43.5 Å². The molecular formula is C21H24F2N4O2. The van der Waals surface area contributed by atoms with Crippen LogP contribution in [0.1, 0.15) is 24.1 Å². The van der Waals surface area contributed by atoms with Crippen molar-refractivity contribution in [1.29, 1.82) is 0 Å². The molecule has 0 saturated carbocycles. The van der Waals surface area contributed by atoms with Gasteiger partial charge in [0.15, 0.2) is 0 Å². The Morgan fingerprint density at radius 2 is 2.21 bits per heavy atom. The molecule has 1 aromatic heterocycles. The summed E-state index contributed by atoms with van der Waals surface area (Å²) in [4.78, 5) is 22.0. The Kier molecular flexibility index (Phi) is 7.24. The summed E-state index contributed by atoms with van der Waals surface area (Å²) in [7, 11) is 1.31. The molecule has 1 atom stereocenters. The molecule has 0 radical (unpaired) electrons. The van der Waals surface area contributed by atoms with E-state index < -0.39 is 17.6 Å². The second-order valence-electron chi connectivity index (χ2n) is 6.95. The number of carbonyl (C=O) groups is 1. The van der Waals surface area contributed by atoms with Gasteiger partial charge < -0.3 is 15.0 Å². The van der Waals surface area contributed by atoms with Crippen LogP contribution < -0.4 is 5.32 Å². The van der Waals surface area contributed by atoms with Crippen LogP contribution in [0.15, 0.2) is 36.7 Å². The normalized spacial score (nSPS) is 17.4. The third-order valence-electron chi connectivity index (χ3n) is 4.83. The number of piperidine rings is 1. The van der Waals surface area contributed by atoms with Gasteiger partial charge in [-0.2, -0.15) is 0 Å². The minimum atomic E-state index is -0.554. The molecule has 29 heavy (non-hydrogen) atoms. The van der Waals surface area contributed by atoms with E-state index in [1.54, 1.807) is 18.5 Å². The van der Waals surface area contributed by atoms with E-state index >= 15 is 0 Å². The van der Waals surface area contributed by atoms with E-state index in [0.29, 0.717) is 30.0 Å². The number of carbonyl (C=O) groups excluding carboxylic acids is 1. The first-order valence-electron chi connectivity index (χ1n) is 9.54. The highest BCUT2D eigenvalue weighted by molar-refractivity contribution is 5.86. The Balaban J connectivity index is 1.50. The fourth-order valence-electron chi connectivity index (χ4n) is 3.31. The standard InChI is InChI=1S/C21H24F2N4O2/c1-29-21(28)7-6-17-12-25-20(13-24-17)26-18-3-2-9-27(14-18)10-8-15-4-5-16(22)11-19(15)23/h4-7,11-13,18H,2-3,8-10,14H2,1H3,(H,25,26)/b7-6+/t18-/m1/s1. The minimum absolute atomic E-state index is 0.215. The van der Waals surface area contributed by atoms with E-state index in [-0.39, 0.29) is 6.04 Å². The highest BCUT2D eigenvalue weighted by atomic mass is 19.1. The van der Waals surface area contributed by atoms with Gasteiger partial charge in [-0.3, -0.25) is 4.98 Å². The summed E-state index contributed by atoms with van der Waals surface area (Å²) in [5.41, 5.74) is 1.09. The number of hydrogen-bond acceptors (Lipinski definition) is 6. The summed E-state index contributed by atoms with van der Waals surface area (Å²) in [6, 6.07) is 3.95. The van der Waals surface area contributed by atoms with Crippen LogP contribution in [0, 0.1) is 11.6 Å². The molecule has 1 aliphatic rings. The number of nitrogens with one attached hydrogen (secondary N) is 1. The summed E-state index contributed by atoms with van der Waals surface area (Å²) in [5, 5.41) is 3.38. The van der Waals surface area contributed by atoms with Crippen molar-refractivity contribution in [1.82, 2.24) is 14.9 Å². The second-order valence-corrected chi connectivity index (χ2v) is 6.95. The van der Waals surface area contributed by atoms with E-state index in [9.17, 15) is 13.6 Å². The molecule has 1 aliphatic heterocycles. The number of benzene rings is 1. The van der Waals surface area contributed by atoms with Crippen molar-refractivity contribution in [2.24, 2.45) is 0 Å². The number of rotatable bonds is 7. The first kappa shape index (κ1) is 20.9. The van der Waals surface area contributed by atoms with Crippen LogP contribution >= 0.6 is 0 Å². The highest BCUT2D eigenvalue weighted by Crippen LogP contribution is 2.16. The smallest absolute Gasteiger partial charge is 0.330 e. The number of nitrogens with zero attached hydrogens (tertiary/aromatic N) is 3. The number of hydrogen-bond donors (Lipinski definition) is 1. The predicted octanol–water partition coefficient (Wildman–Crippen LogP) is 3.06. The fraction of sp³-hybridized carbons (Fsp3) is 0.381. The Labute approximate surface area is 168 Å². The third kappa shape index (κ3) is 6.32. The van der Waals surface area contributed by atoms with Gasteiger partial charge >= 0.3 is 5.97 Å². The van der Waals surface area contributed by atoms with E-state index in [1.807, 2.05) is 0 Å². The molecule has 1 saturated heterocycles. The fourth-order valence-corrected chi connectivity index (χ4v) is 3.31.